The molecule has 0 spiro atoms. The van der Waals surface area contributed by atoms with Crippen LogP contribution in [0.1, 0.15) is 69.3 Å². The van der Waals surface area contributed by atoms with Crippen molar-refractivity contribution < 1.29 is 31.9 Å². The third-order valence-electron chi connectivity index (χ3n) is 6.01. The lowest BCUT2D eigenvalue weighted by molar-refractivity contribution is -0.137. The van der Waals surface area contributed by atoms with E-state index in [1.807, 2.05) is 0 Å². The Kier molecular flexibility index (Phi) is 7.11. The fraction of sp³-hybridized carbons (Fsp3) is 0.320. The predicted molar refractivity (Wildman–Crippen MR) is 121 cm³/mol. The van der Waals surface area contributed by atoms with Gasteiger partial charge in [0, 0.05) is 12.7 Å². The van der Waals surface area contributed by atoms with Crippen molar-refractivity contribution in [1.82, 2.24) is 20.2 Å². The van der Waals surface area contributed by atoms with E-state index in [0.717, 1.165) is 12.3 Å². The Morgan fingerprint density at radius 2 is 1.72 bits per heavy atom. The summed E-state index contributed by atoms with van der Waals surface area (Å²) in [6, 6.07) is 8.27. The number of halogens is 4. The number of hydrogen-bond acceptors (Lipinski definition) is 4. The minimum absolute atomic E-state index is 0.121. The summed E-state index contributed by atoms with van der Waals surface area (Å²) in [6.07, 6.45) is -3.79. The Bertz CT molecular complexity index is 1250. The van der Waals surface area contributed by atoms with Gasteiger partial charge in [0.15, 0.2) is 0 Å². The number of pyridine rings is 1. The van der Waals surface area contributed by atoms with E-state index in [0.29, 0.717) is 24.4 Å². The number of nitrogens with zero attached hydrogens (tertiary/aromatic N) is 2. The van der Waals surface area contributed by atoms with E-state index in [9.17, 15) is 27.2 Å². The zero-order chi connectivity index (χ0) is 26.0. The minimum atomic E-state index is -4.51. The Hall–Kier alpha value is -3.73. The van der Waals surface area contributed by atoms with E-state index in [2.05, 4.69) is 15.6 Å². The van der Waals surface area contributed by atoms with Crippen molar-refractivity contribution in [3.8, 4) is 0 Å². The van der Waals surface area contributed by atoms with Crippen LogP contribution in [0.3, 0.4) is 0 Å². The molecule has 0 bridgehead atoms. The van der Waals surface area contributed by atoms with E-state index in [1.165, 1.54) is 24.3 Å². The molecule has 0 aliphatic carbocycles. The molecule has 0 radical (unpaired) electrons. The van der Waals surface area contributed by atoms with Crippen LogP contribution in [0.2, 0.25) is 0 Å². The van der Waals surface area contributed by atoms with Gasteiger partial charge in [0.2, 0.25) is 0 Å². The summed E-state index contributed by atoms with van der Waals surface area (Å²) in [4.78, 5) is 30.0. The number of benzene rings is 1. The quantitative estimate of drug-likeness (QED) is 0.483. The van der Waals surface area contributed by atoms with Gasteiger partial charge in [-0.25, -0.2) is 4.39 Å². The fourth-order valence-corrected chi connectivity index (χ4v) is 3.99. The van der Waals surface area contributed by atoms with Crippen LogP contribution in [0, 0.1) is 5.82 Å². The molecule has 2 N–H and O–H groups in total. The van der Waals surface area contributed by atoms with Gasteiger partial charge < -0.3 is 19.9 Å². The number of amides is 2. The number of aromatic nitrogens is 2. The van der Waals surface area contributed by atoms with Crippen molar-refractivity contribution >= 4 is 11.8 Å². The summed E-state index contributed by atoms with van der Waals surface area (Å²) in [6.45, 7) is 4.22. The fourth-order valence-electron chi connectivity index (χ4n) is 3.99. The first-order valence-corrected chi connectivity index (χ1v) is 11.2. The molecule has 2 atom stereocenters. The number of carbonyl (C=O) groups excluding carboxylic acids is 2. The first-order valence-electron chi connectivity index (χ1n) is 11.2. The van der Waals surface area contributed by atoms with Gasteiger partial charge in [-0.1, -0.05) is 12.1 Å². The van der Waals surface area contributed by atoms with E-state index in [4.69, 9.17) is 4.74 Å². The van der Waals surface area contributed by atoms with E-state index >= 15 is 0 Å². The van der Waals surface area contributed by atoms with Gasteiger partial charge in [0.05, 0.1) is 47.8 Å². The second-order valence-electron chi connectivity index (χ2n) is 8.51. The Balaban J connectivity index is 1.52. The zero-order valence-electron chi connectivity index (χ0n) is 19.5. The number of hydrogen-bond donors (Lipinski definition) is 2. The first-order chi connectivity index (χ1) is 17.0. The monoisotopic (exact) mass is 504 g/mol. The number of fused-ring (bicyclic) bond motifs is 1. The van der Waals surface area contributed by atoms with Crippen molar-refractivity contribution in [3.05, 3.63) is 88.3 Å². The molecule has 3 aromatic rings. The summed E-state index contributed by atoms with van der Waals surface area (Å²) in [7, 11) is 0. The Morgan fingerprint density at radius 3 is 2.36 bits per heavy atom. The Labute approximate surface area is 204 Å². The molecule has 0 saturated heterocycles. The van der Waals surface area contributed by atoms with Crippen molar-refractivity contribution in [2.75, 3.05) is 6.61 Å². The summed E-state index contributed by atoms with van der Waals surface area (Å²) in [5.41, 5.74) is 1.11. The largest absolute Gasteiger partial charge is 0.417 e. The smallest absolute Gasteiger partial charge is 0.373 e. The molecule has 3 heterocycles. The molecule has 0 fully saturated rings. The van der Waals surface area contributed by atoms with Crippen LogP contribution >= 0.6 is 0 Å². The van der Waals surface area contributed by atoms with Crippen LogP contribution in [-0.2, 0) is 24.1 Å². The third-order valence-corrected chi connectivity index (χ3v) is 6.01. The number of rotatable bonds is 6. The van der Waals surface area contributed by atoms with Crippen LogP contribution in [-0.4, -0.2) is 28.0 Å². The lowest BCUT2D eigenvalue weighted by atomic mass is 10.1. The number of alkyl halides is 3. The number of nitrogens with one attached hydrogen (secondary N) is 2. The van der Waals surface area contributed by atoms with Gasteiger partial charge in [-0.2, -0.15) is 13.2 Å². The molecule has 36 heavy (non-hydrogen) atoms. The first kappa shape index (κ1) is 25.4. The van der Waals surface area contributed by atoms with Gasteiger partial charge in [-0.3, -0.25) is 14.6 Å². The van der Waals surface area contributed by atoms with Gasteiger partial charge in [0.1, 0.15) is 11.5 Å². The predicted octanol–water partition coefficient (Wildman–Crippen LogP) is 4.55. The molecular weight excluding hydrogens is 480 g/mol. The number of ether oxygens (including phenoxy) is 1. The molecule has 2 amide bonds. The molecule has 11 heteroatoms. The highest BCUT2D eigenvalue weighted by molar-refractivity contribution is 6.01. The standard InChI is InChI=1S/C25H24F4N4O3/c1-14(16-3-6-18(26)7-4-16)31-24(35)21-11-19(22-13-36-10-9-33(21)22)23(34)32-15(2)20-8-5-17(12-30-20)25(27,28)29/h3-8,11-12,14-15H,9-10,13H2,1-2H3,(H,31,35)(H,32,34)/t14-,15-/m1/s1. The molecule has 1 aliphatic rings. The topological polar surface area (TPSA) is 85.3 Å². The molecule has 1 aliphatic heterocycles. The summed E-state index contributed by atoms with van der Waals surface area (Å²) in [5, 5.41) is 5.59. The van der Waals surface area contributed by atoms with Gasteiger partial charge in [-0.15, -0.1) is 0 Å². The molecule has 2 aromatic heterocycles. The van der Waals surface area contributed by atoms with Gasteiger partial charge in [0.25, 0.3) is 11.8 Å². The highest BCUT2D eigenvalue weighted by Crippen LogP contribution is 2.29. The van der Waals surface area contributed by atoms with Gasteiger partial charge >= 0.3 is 6.18 Å². The summed E-state index contributed by atoms with van der Waals surface area (Å²) >= 11 is 0. The van der Waals surface area contributed by atoms with Gasteiger partial charge in [-0.05, 0) is 49.7 Å². The van der Waals surface area contributed by atoms with Crippen LogP contribution in [0.25, 0.3) is 0 Å². The normalized spacial score (nSPS) is 15.1. The second kappa shape index (κ2) is 10.1. The van der Waals surface area contributed by atoms with Crippen molar-refractivity contribution in [3.63, 3.8) is 0 Å². The molecule has 4 rings (SSSR count). The van der Waals surface area contributed by atoms with Crippen molar-refractivity contribution in [1.29, 1.82) is 0 Å². The van der Waals surface area contributed by atoms with E-state index in [1.54, 1.807) is 30.5 Å². The maximum absolute atomic E-state index is 13.2. The SMILES string of the molecule is C[C@@H](NC(=O)c1cc(C(=O)N[C@H](C)c2ccc(C(F)(F)F)cn2)c2n1CCOC2)c1ccc(F)cc1. The van der Waals surface area contributed by atoms with Crippen LogP contribution in [0.4, 0.5) is 17.6 Å². The highest BCUT2D eigenvalue weighted by atomic mass is 19.4. The van der Waals surface area contributed by atoms with Crippen molar-refractivity contribution in [2.24, 2.45) is 0 Å². The number of carbonyl (C=O) groups is 2. The van der Waals surface area contributed by atoms with E-state index < -0.39 is 35.6 Å². The molecule has 0 unspecified atom stereocenters. The van der Waals surface area contributed by atoms with Crippen LogP contribution in [0.5, 0.6) is 0 Å². The molecular formula is C25H24F4N4O3. The molecule has 0 saturated carbocycles. The van der Waals surface area contributed by atoms with Crippen LogP contribution < -0.4 is 10.6 Å². The molecule has 7 nitrogen and oxygen atoms in total. The lowest BCUT2D eigenvalue weighted by Crippen LogP contribution is -2.30. The highest BCUT2D eigenvalue weighted by Gasteiger charge is 2.31. The summed E-state index contributed by atoms with van der Waals surface area (Å²) in [5.74, 6) is -1.30. The maximum Gasteiger partial charge on any atom is 0.417 e. The molecule has 190 valence electrons. The molecule has 1 aromatic carbocycles. The second-order valence-corrected chi connectivity index (χ2v) is 8.51. The maximum atomic E-state index is 13.2. The average Bonchev–Trinajstić information content (AvgIpc) is 3.24. The lowest BCUT2D eigenvalue weighted by Gasteiger charge is -2.21. The van der Waals surface area contributed by atoms with Crippen molar-refractivity contribution in [2.45, 2.75) is 45.3 Å². The minimum Gasteiger partial charge on any atom is -0.373 e. The van der Waals surface area contributed by atoms with Crippen LogP contribution in [0.15, 0.2) is 48.7 Å². The summed E-state index contributed by atoms with van der Waals surface area (Å²) < 4.78 is 58.8. The van der Waals surface area contributed by atoms with E-state index in [-0.39, 0.29) is 29.4 Å². The Morgan fingerprint density at radius 1 is 1.03 bits per heavy atom. The average molecular weight is 504 g/mol. The third kappa shape index (κ3) is 5.40. The zero-order valence-corrected chi connectivity index (χ0v) is 19.5.